The van der Waals surface area contributed by atoms with Gasteiger partial charge in [0.25, 0.3) is 11.8 Å². The van der Waals surface area contributed by atoms with Gasteiger partial charge in [0, 0.05) is 39.3 Å². The van der Waals surface area contributed by atoms with Gasteiger partial charge >= 0.3 is 6.18 Å². The van der Waals surface area contributed by atoms with Crippen LogP contribution in [-0.2, 0) is 23.9 Å². The first-order chi connectivity index (χ1) is 20.6. The van der Waals surface area contributed by atoms with Crippen LogP contribution in [-0.4, -0.2) is 87.0 Å². The Kier molecular flexibility index (Phi) is 8.74. The van der Waals surface area contributed by atoms with Crippen molar-refractivity contribution >= 4 is 29.3 Å². The molecule has 2 fully saturated rings. The molecule has 3 aromatic rings. The smallest absolute Gasteiger partial charge is 0.345 e. The van der Waals surface area contributed by atoms with E-state index in [9.17, 15) is 27.6 Å². The summed E-state index contributed by atoms with van der Waals surface area (Å²) in [5, 5.41) is 11.7. The van der Waals surface area contributed by atoms with Crippen LogP contribution < -0.4 is 10.6 Å². The lowest BCUT2D eigenvalue weighted by molar-refractivity contribution is -0.140. The van der Waals surface area contributed by atoms with E-state index < -0.39 is 17.8 Å². The highest BCUT2D eigenvalue weighted by molar-refractivity contribution is 6.33. The van der Waals surface area contributed by atoms with Crippen LogP contribution in [0.3, 0.4) is 0 Å². The second-order valence-corrected chi connectivity index (χ2v) is 10.7. The number of imidazole rings is 1. The molecule has 0 saturated carbocycles. The molecular weight excluding hydrogens is 589 g/mol. The van der Waals surface area contributed by atoms with E-state index in [4.69, 9.17) is 18.0 Å². The summed E-state index contributed by atoms with van der Waals surface area (Å²) in [7, 11) is 0. The first-order valence-electron chi connectivity index (χ1n) is 13.6. The Morgan fingerprint density at radius 2 is 1.91 bits per heavy atom. The number of benzene rings is 1. The van der Waals surface area contributed by atoms with Crippen molar-refractivity contribution in [2.75, 3.05) is 39.3 Å². The highest BCUT2D eigenvalue weighted by Gasteiger charge is 2.39. The SMILES string of the molecule is C#CCc1[nH]nc(C(F)(F)F)c1-c1cnc(C(=O)NCc2ccc(C(=O)N3CCN(C(=O)[C@H]4CCNC4)CC3)c(Cl)c2)[nH]1. The minimum Gasteiger partial charge on any atom is -0.345 e. The molecule has 0 aliphatic carbocycles. The van der Waals surface area contributed by atoms with Gasteiger partial charge < -0.3 is 25.4 Å². The standard InChI is InChI=1S/C28H28ClF3N8O3/c1-2-3-20-22(23(38-37-20)28(30,31)32)21-15-34-24(36-21)25(41)35-13-16-4-5-18(19(29)12-16)27(43)40-10-8-39(9-11-40)26(42)17-6-7-33-14-17/h1,4-5,12,15,17,33H,3,6-11,13-14H2,(H,34,36)(H,35,41)(H,37,38)/t17-/m0/s1. The molecule has 0 unspecified atom stereocenters. The molecule has 1 atom stereocenters. The van der Waals surface area contributed by atoms with Gasteiger partial charge in [0.1, 0.15) is 0 Å². The first kappa shape index (κ1) is 30.1. The van der Waals surface area contributed by atoms with Crippen molar-refractivity contribution in [2.24, 2.45) is 5.92 Å². The summed E-state index contributed by atoms with van der Waals surface area (Å²) in [6.07, 6.45) is 2.32. The summed E-state index contributed by atoms with van der Waals surface area (Å²) >= 11 is 6.43. The molecule has 2 saturated heterocycles. The third kappa shape index (κ3) is 6.52. The van der Waals surface area contributed by atoms with E-state index in [1.807, 2.05) is 0 Å². The van der Waals surface area contributed by atoms with Crippen molar-refractivity contribution in [2.45, 2.75) is 25.6 Å². The number of carbonyl (C=O) groups excluding carboxylic acids is 3. The Labute approximate surface area is 249 Å². The number of rotatable bonds is 7. The minimum atomic E-state index is -4.75. The van der Waals surface area contributed by atoms with Gasteiger partial charge in [-0.1, -0.05) is 17.7 Å². The zero-order valence-corrected chi connectivity index (χ0v) is 23.6. The molecule has 4 N–H and O–H groups in total. The van der Waals surface area contributed by atoms with Gasteiger partial charge in [-0.2, -0.15) is 18.3 Å². The number of nitrogens with one attached hydrogen (secondary N) is 4. The molecule has 11 nitrogen and oxygen atoms in total. The Hall–Kier alpha value is -4.35. The average Bonchev–Trinajstić information content (AvgIpc) is 3.76. The van der Waals surface area contributed by atoms with Gasteiger partial charge in [0.05, 0.1) is 46.1 Å². The molecule has 2 aliphatic rings. The predicted molar refractivity (Wildman–Crippen MR) is 150 cm³/mol. The fourth-order valence-electron chi connectivity index (χ4n) is 5.20. The molecule has 0 bridgehead atoms. The van der Waals surface area contributed by atoms with Gasteiger partial charge in [-0.25, -0.2) is 4.98 Å². The number of carbonyl (C=O) groups is 3. The van der Waals surface area contributed by atoms with E-state index in [0.717, 1.165) is 19.2 Å². The Morgan fingerprint density at radius 1 is 1.16 bits per heavy atom. The Balaban J connectivity index is 1.18. The van der Waals surface area contributed by atoms with Crippen molar-refractivity contribution in [3.63, 3.8) is 0 Å². The van der Waals surface area contributed by atoms with E-state index in [-0.39, 0.29) is 58.5 Å². The number of alkyl halides is 3. The molecule has 2 aromatic heterocycles. The summed E-state index contributed by atoms with van der Waals surface area (Å²) in [6.45, 7) is 3.26. The van der Waals surface area contributed by atoms with Gasteiger partial charge in [-0.15, -0.1) is 12.3 Å². The molecule has 5 rings (SSSR count). The number of nitrogens with zero attached hydrogens (tertiary/aromatic N) is 4. The third-order valence-corrected chi connectivity index (χ3v) is 7.77. The van der Waals surface area contributed by atoms with Crippen LogP contribution in [0.5, 0.6) is 0 Å². The zero-order valence-electron chi connectivity index (χ0n) is 22.9. The number of H-pyrrole nitrogens is 2. The average molecular weight is 617 g/mol. The van der Waals surface area contributed by atoms with Crippen molar-refractivity contribution in [1.29, 1.82) is 0 Å². The summed E-state index contributed by atoms with van der Waals surface area (Å²) < 4.78 is 40.4. The van der Waals surface area contributed by atoms with Crippen LogP contribution in [0, 0.1) is 18.3 Å². The predicted octanol–water partition coefficient (Wildman–Crippen LogP) is 2.47. The number of hydrogen-bond acceptors (Lipinski definition) is 6. The third-order valence-electron chi connectivity index (χ3n) is 7.45. The van der Waals surface area contributed by atoms with E-state index >= 15 is 0 Å². The lowest BCUT2D eigenvalue weighted by Gasteiger charge is -2.36. The molecule has 1 aromatic carbocycles. The fourth-order valence-corrected chi connectivity index (χ4v) is 5.48. The molecule has 15 heteroatoms. The quantitative estimate of drug-likeness (QED) is 0.301. The van der Waals surface area contributed by atoms with Gasteiger partial charge in [0.2, 0.25) is 5.91 Å². The molecule has 0 spiro atoms. The lowest BCUT2D eigenvalue weighted by Crippen LogP contribution is -2.52. The van der Waals surface area contributed by atoms with Crippen molar-refractivity contribution < 1.29 is 27.6 Å². The first-order valence-corrected chi connectivity index (χ1v) is 13.9. The van der Waals surface area contributed by atoms with Gasteiger partial charge in [-0.05, 0) is 30.7 Å². The Morgan fingerprint density at radius 3 is 2.56 bits per heavy atom. The van der Waals surface area contributed by atoms with E-state index in [0.29, 0.717) is 43.9 Å². The normalized spacial score (nSPS) is 17.1. The summed E-state index contributed by atoms with van der Waals surface area (Å²) in [6, 6.07) is 4.78. The summed E-state index contributed by atoms with van der Waals surface area (Å²) in [5.41, 5.74) is -0.587. The van der Waals surface area contributed by atoms with Crippen LogP contribution in [0.1, 0.15) is 44.3 Å². The van der Waals surface area contributed by atoms with Crippen LogP contribution in [0.2, 0.25) is 5.02 Å². The molecular formula is C28H28ClF3N8O3. The van der Waals surface area contributed by atoms with Crippen LogP contribution in [0.25, 0.3) is 11.3 Å². The highest BCUT2D eigenvalue weighted by Crippen LogP contribution is 2.37. The molecule has 226 valence electrons. The van der Waals surface area contributed by atoms with E-state index in [1.165, 1.54) is 0 Å². The second-order valence-electron chi connectivity index (χ2n) is 10.3. The highest BCUT2D eigenvalue weighted by atomic mass is 35.5. The number of terminal acetylenes is 1. The van der Waals surface area contributed by atoms with E-state index in [2.05, 4.69) is 36.7 Å². The topological polar surface area (TPSA) is 139 Å². The fraction of sp³-hybridized carbons (Fsp3) is 0.393. The maximum atomic E-state index is 13.5. The second kappa shape index (κ2) is 12.5. The van der Waals surface area contributed by atoms with Crippen molar-refractivity contribution in [1.82, 2.24) is 40.6 Å². The summed E-state index contributed by atoms with van der Waals surface area (Å²) in [4.78, 5) is 48.5. The van der Waals surface area contributed by atoms with Gasteiger partial charge in [0.15, 0.2) is 11.5 Å². The molecule has 4 heterocycles. The van der Waals surface area contributed by atoms with E-state index in [1.54, 1.807) is 28.0 Å². The molecule has 2 aliphatic heterocycles. The maximum Gasteiger partial charge on any atom is 0.435 e. The number of piperazine rings is 1. The minimum absolute atomic E-state index is 0.00926. The van der Waals surface area contributed by atoms with Crippen LogP contribution >= 0.6 is 11.6 Å². The maximum absolute atomic E-state index is 13.5. The van der Waals surface area contributed by atoms with Crippen LogP contribution in [0.15, 0.2) is 24.4 Å². The van der Waals surface area contributed by atoms with Crippen molar-refractivity contribution in [3.8, 4) is 23.6 Å². The van der Waals surface area contributed by atoms with Crippen LogP contribution in [0.4, 0.5) is 13.2 Å². The largest absolute Gasteiger partial charge is 0.435 e. The molecule has 3 amide bonds. The lowest BCUT2D eigenvalue weighted by atomic mass is 10.1. The molecule has 43 heavy (non-hydrogen) atoms. The zero-order chi connectivity index (χ0) is 30.7. The Bertz CT molecular complexity index is 1560. The number of hydrogen-bond donors (Lipinski definition) is 4. The monoisotopic (exact) mass is 616 g/mol. The number of amides is 3. The van der Waals surface area contributed by atoms with Crippen molar-refractivity contribution in [3.05, 3.63) is 57.8 Å². The summed E-state index contributed by atoms with van der Waals surface area (Å²) in [5.74, 6) is 1.25. The number of aromatic nitrogens is 4. The number of aromatic amines is 2. The number of halogens is 4. The van der Waals surface area contributed by atoms with Gasteiger partial charge in [-0.3, -0.25) is 19.5 Å². The molecule has 0 radical (unpaired) electrons.